The van der Waals surface area contributed by atoms with Crippen molar-refractivity contribution in [3.05, 3.63) is 89.7 Å². The zero-order chi connectivity index (χ0) is 25.8. The van der Waals surface area contributed by atoms with Gasteiger partial charge in [0.25, 0.3) is 5.91 Å². The van der Waals surface area contributed by atoms with Crippen LogP contribution in [0.1, 0.15) is 41.3 Å². The molecule has 3 heterocycles. The van der Waals surface area contributed by atoms with Crippen LogP contribution in [-0.2, 0) is 22.0 Å². The highest BCUT2D eigenvalue weighted by Gasteiger charge is 2.25. The van der Waals surface area contributed by atoms with Gasteiger partial charge in [0, 0.05) is 55.2 Å². The van der Waals surface area contributed by atoms with Gasteiger partial charge in [0.2, 0.25) is 0 Å². The maximum absolute atomic E-state index is 13.3. The molecule has 1 saturated heterocycles. The highest BCUT2D eigenvalue weighted by molar-refractivity contribution is 7.90. The molecule has 0 aliphatic carbocycles. The first-order valence-corrected chi connectivity index (χ1v) is 14.5. The minimum absolute atomic E-state index is 0.0864. The van der Waals surface area contributed by atoms with Crippen molar-refractivity contribution in [1.29, 1.82) is 0 Å². The molecule has 0 bridgehead atoms. The van der Waals surface area contributed by atoms with Gasteiger partial charge in [-0.05, 0) is 54.3 Å². The number of pyridine rings is 1. The van der Waals surface area contributed by atoms with Gasteiger partial charge in [0.05, 0.1) is 10.6 Å². The van der Waals surface area contributed by atoms with Crippen molar-refractivity contribution in [3.8, 4) is 0 Å². The molecule has 2 aromatic heterocycles. The van der Waals surface area contributed by atoms with Gasteiger partial charge in [-0.3, -0.25) is 4.79 Å². The van der Waals surface area contributed by atoms with E-state index < -0.39 is 9.84 Å². The molecule has 2 aromatic carbocycles. The second-order valence-corrected chi connectivity index (χ2v) is 11.5. The Morgan fingerprint density at radius 2 is 1.73 bits per heavy atom. The molecule has 5 rings (SSSR count). The zero-order valence-electron chi connectivity index (χ0n) is 21.1. The summed E-state index contributed by atoms with van der Waals surface area (Å²) in [7, 11) is -3.58. The monoisotopic (exact) mass is 516 g/mol. The van der Waals surface area contributed by atoms with E-state index in [0.717, 1.165) is 41.5 Å². The lowest BCUT2D eigenvalue weighted by Gasteiger charge is -2.36. The Morgan fingerprint density at radius 3 is 2.49 bits per heavy atom. The number of hydrogen-bond acceptors (Lipinski definition) is 5. The summed E-state index contributed by atoms with van der Waals surface area (Å²) in [6.07, 6.45) is 6.92. The van der Waals surface area contributed by atoms with Gasteiger partial charge in [0.15, 0.2) is 9.84 Å². The Morgan fingerprint density at radius 1 is 0.973 bits per heavy atom. The van der Waals surface area contributed by atoms with Crippen LogP contribution < -0.4 is 4.90 Å². The van der Waals surface area contributed by atoms with Gasteiger partial charge in [-0.25, -0.2) is 13.4 Å². The fourth-order valence-corrected chi connectivity index (χ4v) is 6.25. The van der Waals surface area contributed by atoms with Crippen LogP contribution >= 0.6 is 0 Å². The number of benzene rings is 2. The molecule has 0 unspecified atom stereocenters. The Bertz CT molecular complexity index is 1490. The van der Waals surface area contributed by atoms with Crippen molar-refractivity contribution in [2.75, 3.05) is 31.1 Å². The fraction of sp³-hybridized carbons (Fsp3) is 0.310. The molecule has 7 nitrogen and oxygen atoms in total. The summed E-state index contributed by atoms with van der Waals surface area (Å²) in [5, 5.41) is 1.07. The van der Waals surface area contributed by atoms with Gasteiger partial charge in [-0.15, -0.1) is 0 Å². The molecule has 0 saturated carbocycles. The number of amides is 1. The van der Waals surface area contributed by atoms with Crippen molar-refractivity contribution in [1.82, 2.24) is 14.9 Å². The maximum atomic E-state index is 13.3. The third kappa shape index (κ3) is 5.54. The lowest BCUT2D eigenvalue weighted by molar-refractivity contribution is 0.0746. The number of anilines is 1. The molecule has 0 radical (unpaired) electrons. The number of carbonyl (C=O) groups excluding carboxylic acids is 1. The molecule has 0 spiro atoms. The summed E-state index contributed by atoms with van der Waals surface area (Å²) in [4.78, 5) is 25.0. The number of fused-ring (bicyclic) bond motifs is 1. The molecule has 1 aliphatic heterocycles. The number of aromatic nitrogens is 2. The fourth-order valence-electron chi connectivity index (χ4n) is 4.86. The summed E-state index contributed by atoms with van der Waals surface area (Å²) in [5.41, 5.74) is 4.32. The van der Waals surface area contributed by atoms with E-state index in [1.807, 2.05) is 42.6 Å². The van der Waals surface area contributed by atoms with Crippen LogP contribution in [0.2, 0.25) is 0 Å². The summed E-state index contributed by atoms with van der Waals surface area (Å²) in [6.45, 7) is 4.68. The summed E-state index contributed by atoms with van der Waals surface area (Å²) >= 11 is 0. The van der Waals surface area contributed by atoms with E-state index in [1.165, 1.54) is 11.6 Å². The molecule has 8 heteroatoms. The van der Waals surface area contributed by atoms with Crippen molar-refractivity contribution in [3.63, 3.8) is 0 Å². The van der Waals surface area contributed by atoms with Crippen molar-refractivity contribution < 1.29 is 13.2 Å². The van der Waals surface area contributed by atoms with Gasteiger partial charge in [-0.2, -0.15) is 0 Å². The van der Waals surface area contributed by atoms with Crippen LogP contribution in [-0.4, -0.2) is 55.4 Å². The molecule has 1 fully saturated rings. The van der Waals surface area contributed by atoms with Gasteiger partial charge in [0.1, 0.15) is 5.65 Å². The molecule has 192 valence electrons. The first-order valence-electron chi connectivity index (χ1n) is 12.8. The number of nitrogens with one attached hydrogen (secondary N) is 1. The van der Waals surface area contributed by atoms with E-state index in [-0.39, 0.29) is 16.6 Å². The summed E-state index contributed by atoms with van der Waals surface area (Å²) in [5.74, 6) is -0.227. The van der Waals surface area contributed by atoms with Crippen LogP contribution in [0.5, 0.6) is 0 Å². The van der Waals surface area contributed by atoms with Gasteiger partial charge >= 0.3 is 0 Å². The summed E-state index contributed by atoms with van der Waals surface area (Å²) < 4.78 is 26.3. The van der Waals surface area contributed by atoms with E-state index in [9.17, 15) is 13.2 Å². The van der Waals surface area contributed by atoms with Crippen LogP contribution in [0.4, 0.5) is 5.69 Å². The number of aromatic amines is 1. The molecule has 4 aromatic rings. The number of piperazine rings is 1. The van der Waals surface area contributed by atoms with Gasteiger partial charge in [-0.1, -0.05) is 43.7 Å². The Balaban J connectivity index is 1.25. The third-order valence-corrected chi connectivity index (χ3v) is 8.67. The lowest BCUT2D eigenvalue weighted by atomic mass is 10.1. The van der Waals surface area contributed by atoms with Crippen molar-refractivity contribution in [2.24, 2.45) is 0 Å². The van der Waals surface area contributed by atoms with Crippen LogP contribution in [0.15, 0.2) is 78.0 Å². The van der Waals surface area contributed by atoms with E-state index >= 15 is 0 Å². The smallest absolute Gasteiger partial charge is 0.254 e. The first kappa shape index (κ1) is 25.0. The number of rotatable bonds is 8. The highest BCUT2D eigenvalue weighted by atomic mass is 32.2. The van der Waals surface area contributed by atoms with Crippen LogP contribution in [0.25, 0.3) is 11.0 Å². The maximum Gasteiger partial charge on any atom is 0.254 e. The van der Waals surface area contributed by atoms with E-state index in [2.05, 4.69) is 21.8 Å². The third-order valence-electron chi connectivity index (χ3n) is 6.98. The second kappa shape index (κ2) is 10.8. The Labute approximate surface area is 218 Å². The standard InChI is InChI=1S/C29H32N4O3S/c1-2-3-5-22-8-10-23(11-9-22)21-37(35,36)25-7-4-6-24(20-25)29(34)33-18-16-32(17-19-33)27-13-15-31-28-26(27)12-14-30-28/h4,6-15,20H,2-3,5,16-19,21H2,1H3,(H,30,31). The number of nitrogens with zero attached hydrogens (tertiary/aromatic N) is 3. The number of unbranched alkanes of at least 4 members (excludes halogenated alkanes) is 1. The van der Waals surface area contributed by atoms with E-state index in [0.29, 0.717) is 31.7 Å². The molecular formula is C29H32N4O3S. The number of carbonyl (C=O) groups is 1. The highest BCUT2D eigenvalue weighted by Crippen LogP contribution is 2.26. The first-order chi connectivity index (χ1) is 17.9. The molecule has 1 aliphatic rings. The average molecular weight is 517 g/mol. The average Bonchev–Trinajstić information content (AvgIpc) is 3.42. The molecule has 1 N–H and O–H groups in total. The van der Waals surface area contributed by atoms with Crippen LogP contribution in [0.3, 0.4) is 0 Å². The quantitative estimate of drug-likeness (QED) is 0.362. The number of aryl methyl sites for hydroxylation is 1. The minimum atomic E-state index is -3.58. The van der Waals surface area contributed by atoms with E-state index in [4.69, 9.17) is 0 Å². The SMILES string of the molecule is CCCCc1ccc(CS(=O)(=O)c2cccc(C(=O)N3CCN(c4ccnc5[nH]ccc45)CC3)c2)cc1. The van der Waals surface area contributed by atoms with Crippen molar-refractivity contribution in [2.45, 2.75) is 36.8 Å². The molecule has 1 amide bonds. The second-order valence-electron chi connectivity index (χ2n) is 9.56. The minimum Gasteiger partial charge on any atom is -0.367 e. The molecule has 0 atom stereocenters. The van der Waals surface area contributed by atoms with Gasteiger partial charge < -0.3 is 14.8 Å². The number of sulfone groups is 1. The lowest BCUT2D eigenvalue weighted by Crippen LogP contribution is -2.48. The Hall–Kier alpha value is -3.65. The van der Waals surface area contributed by atoms with Crippen molar-refractivity contribution >= 4 is 32.5 Å². The largest absolute Gasteiger partial charge is 0.367 e. The van der Waals surface area contributed by atoms with Crippen LogP contribution in [0, 0.1) is 0 Å². The topological polar surface area (TPSA) is 86.4 Å². The number of hydrogen-bond donors (Lipinski definition) is 1. The normalized spacial score (nSPS) is 14.3. The number of H-pyrrole nitrogens is 1. The summed E-state index contributed by atoms with van der Waals surface area (Å²) in [6, 6.07) is 18.3. The predicted octanol–water partition coefficient (Wildman–Crippen LogP) is 4.84. The zero-order valence-corrected chi connectivity index (χ0v) is 21.9. The molecule has 37 heavy (non-hydrogen) atoms. The molecular weight excluding hydrogens is 484 g/mol. The Kier molecular flexibility index (Phi) is 7.28. The predicted molar refractivity (Wildman–Crippen MR) is 147 cm³/mol. The van der Waals surface area contributed by atoms with E-state index in [1.54, 1.807) is 29.3 Å².